The van der Waals surface area contributed by atoms with Gasteiger partial charge in [0.05, 0.1) is 19.1 Å². The first kappa shape index (κ1) is 18.3. The van der Waals surface area contributed by atoms with Crippen LogP contribution in [0.15, 0.2) is 24.3 Å². The second-order valence-corrected chi connectivity index (χ2v) is 6.36. The second kappa shape index (κ2) is 8.15. The fraction of sp³-hybridized carbons (Fsp3) is 0.556. The fourth-order valence-electron chi connectivity index (χ4n) is 3.21. The van der Waals surface area contributed by atoms with Gasteiger partial charge in [0, 0.05) is 19.6 Å². The topological polar surface area (TPSA) is 84.9 Å². The number of carboxylic acids is 1. The van der Waals surface area contributed by atoms with Crippen LogP contribution in [-0.2, 0) is 14.3 Å². The number of carbonyl (C=O) groups is 2. The number of carbonyl (C=O) groups excluding carboxylic acids is 1. The molecular formula is C18H25NO5. The maximum atomic E-state index is 12.5. The zero-order valence-electron chi connectivity index (χ0n) is 14.2. The molecule has 1 aromatic carbocycles. The van der Waals surface area contributed by atoms with Crippen molar-refractivity contribution in [3.05, 3.63) is 29.8 Å². The summed E-state index contributed by atoms with van der Waals surface area (Å²) < 4.78 is 10.7. The molecule has 1 aliphatic rings. The summed E-state index contributed by atoms with van der Waals surface area (Å²) >= 11 is 0. The summed E-state index contributed by atoms with van der Waals surface area (Å²) in [6.07, 6.45) is 1.25. The summed E-state index contributed by atoms with van der Waals surface area (Å²) in [6.45, 7) is 2.90. The van der Waals surface area contributed by atoms with Gasteiger partial charge >= 0.3 is 5.97 Å². The third-order valence-corrected chi connectivity index (χ3v) is 4.51. The smallest absolute Gasteiger partial charge is 0.305 e. The van der Waals surface area contributed by atoms with Crippen molar-refractivity contribution in [3.63, 3.8) is 0 Å². The number of carboxylic acid groups (broad SMARTS) is 1. The molecule has 1 fully saturated rings. The third-order valence-electron chi connectivity index (χ3n) is 4.51. The largest absolute Gasteiger partial charge is 0.496 e. The average Bonchev–Trinajstić information content (AvgIpc) is 2.54. The van der Waals surface area contributed by atoms with Crippen LogP contribution >= 0.6 is 0 Å². The molecule has 1 aliphatic heterocycles. The molecule has 0 spiro atoms. The van der Waals surface area contributed by atoms with Crippen LogP contribution in [0, 0.1) is 0 Å². The van der Waals surface area contributed by atoms with Gasteiger partial charge in [-0.05, 0) is 30.4 Å². The van der Waals surface area contributed by atoms with Crippen molar-refractivity contribution in [2.45, 2.75) is 44.1 Å². The number of amides is 1. The number of hydrogen-bond donors (Lipinski definition) is 2. The van der Waals surface area contributed by atoms with E-state index in [1.54, 1.807) is 7.11 Å². The van der Waals surface area contributed by atoms with Crippen LogP contribution in [-0.4, -0.2) is 42.8 Å². The first-order valence-electron chi connectivity index (χ1n) is 8.19. The van der Waals surface area contributed by atoms with E-state index in [0.29, 0.717) is 26.1 Å². The van der Waals surface area contributed by atoms with Crippen LogP contribution in [0.3, 0.4) is 0 Å². The molecule has 0 radical (unpaired) electrons. The number of methoxy groups -OCH3 is 1. The van der Waals surface area contributed by atoms with Crippen molar-refractivity contribution < 1.29 is 24.2 Å². The number of ether oxygens (including phenoxy) is 2. The normalized spacial score (nSPS) is 17.8. The zero-order chi connectivity index (χ0) is 17.6. The second-order valence-electron chi connectivity index (χ2n) is 6.36. The van der Waals surface area contributed by atoms with Crippen LogP contribution < -0.4 is 10.1 Å². The molecule has 2 N–H and O–H groups in total. The van der Waals surface area contributed by atoms with Crippen LogP contribution in [0.1, 0.15) is 44.1 Å². The van der Waals surface area contributed by atoms with E-state index in [9.17, 15) is 9.59 Å². The summed E-state index contributed by atoms with van der Waals surface area (Å²) in [4.78, 5) is 23.7. The number of aliphatic carboxylic acids is 1. The number of para-hydroxylation sites is 1. The van der Waals surface area contributed by atoms with Crippen LogP contribution in [0.4, 0.5) is 0 Å². The molecule has 6 nitrogen and oxygen atoms in total. The minimum absolute atomic E-state index is 0.0251. The highest BCUT2D eigenvalue weighted by atomic mass is 16.5. The molecule has 24 heavy (non-hydrogen) atoms. The molecule has 1 saturated heterocycles. The van der Waals surface area contributed by atoms with Gasteiger partial charge in [0.1, 0.15) is 5.75 Å². The lowest BCUT2D eigenvalue weighted by molar-refractivity contribution is -0.140. The minimum Gasteiger partial charge on any atom is -0.496 e. The minimum atomic E-state index is -0.907. The van der Waals surface area contributed by atoms with Crippen molar-refractivity contribution in [3.8, 4) is 5.75 Å². The van der Waals surface area contributed by atoms with E-state index in [1.165, 1.54) is 0 Å². The van der Waals surface area contributed by atoms with Gasteiger partial charge in [-0.25, -0.2) is 0 Å². The Morgan fingerprint density at radius 2 is 2.00 bits per heavy atom. The van der Waals surface area contributed by atoms with Crippen molar-refractivity contribution in [1.82, 2.24) is 5.32 Å². The number of hydrogen-bond acceptors (Lipinski definition) is 4. The van der Waals surface area contributed by atoms with Crippen LogP contribution in [0.2, 0.25) is 0 Å². The summed E-state index contributed by atoms with van der Waals surface area (Å²) in [5.74, 6) is -0.321. The molecule has 0 aromatic heterocycles. The van der Waals surface area contributed by atoms with Gasteiger partial charge in [-0.15, -0.1) is 0 Å². The lowest BCUT2D eigenvalue weighted by atomic mass is 9.86. The van der Waals surface area contributed by atoms with Crippen LogP contribution in [0.25, 0.3) is 0 Å². The maximum Gasteiger partial charge on any atom is 0.305 e. The molecule has 6 heteroatoms. The fourth-order valence-corrected chi connectivity index (χ4v) is 3.21. The number of rotatable bonds is 7. The number of benzene rings is 1. The third kappa shape index (κ3) is 4.71. The van der Waals surface area contributed by atoms with Gasteiger partial charge in [-0.2, -0.15) is 0 Å². The Morgan fingerprint density at radius 1 is 1.33 bits per heavy atom. The molecule has 0 aliphatic carbocycles. The van der Waals surface area contributed by atoms with Gasteiger partial charge in [-0.3, -0.25) is 9.59 Å². The molecule has 1 heterocycles. The zero-order valence-corrected chi connectivity index (χ0v) is 14.2. The Hall–Kier alpha value is -2.08. The Morgan fingerprint density at radius 3 is 2.62 bits per heavy atom. The standard InChI is InChI=1S/C18H25NO5/c1-13(14-5-3-4-6-15(14)23-2)11-16(20)19-18(12-17(21)22)7-9-24-10-8-18/h3-6,13H,7-12H2,1-2H3,(H,19,20)(H,21,22). The van der Waals surface area contributed by atoms with Crippen molar-refractivity contribution in [2.75, 3.05) is 20.3 Å². The maximum absolute atomic E-state index is 12.5. The van der Waals surface area contributed by atoms with E-state index < -0.39 is 11.5 Å². The Kier molecular flexibility index (Phi) is 6.20. The van der Waals surface area contributed by atoms with E-state index >= 15 is 0 Å². The van der Waals surface area contributed by atoms with Gasteiger partial charge in [0.25, 0.3) is 0 Å². The van der Waals surface area contributed by atoms with Gasteiger partial charge < -0.3 is 19.9 Å². The summed E-state index contributed by atoms with van der Waals surface area (Å²) in [5, 5.41) is 12.1. The van der Waals surface area contributed by atoms with E-state index in [1.807, 2.05) is 31.2 Å². The first-order chi connectivity index (χ1) is 11.5. The van der Waals surface area contributed by atoms with E-state index in [-0.39, 0.29) is 24.7 Å². The average molecular weight is 335 g/mol. The monoisotopic (exact) mass is 335 g/mol. The summed E-state index contributed by atoms with van der Waals surface area (Å²) in [6, 6.07) is 7.61. The highest BCUT2D eigenvalue weighted by Gasteiger charge is 2.36. The Labute approximate surface area is 142 Å². The molecule has 1 amide bonds. The molecular weight excluding hydrogens is 310 g/mol. The molecule has 0 bridgehead atoms. The van der Waals surface area contributed by atoms with Crippen molar-refractivity contribution >= 4 is 11.9 Å². The number of nitrogens with one attached hydrogen (secondary N) is 1. The predicted octanol–water partition coefficient (Wildman–Crippen LogP) is 2.33. The molecule has 2 rings (SSSR count). The highest BCUT2D eigenvalue weighted by molar-refractivity contribution is 5.79. The van der Waals surface area contributed by atoms with Gasteiger partial charge in [0.15, 0.2) is 0 Å². The SMILES string of the molecule is COc1ccccc1C(C)CC(=O)NC1(CC(=O)O)CCOCC1. The molecule has 1 atom stereocenters. The molecule has 1 aromatic rings. The Balaban J connectivity index is 2.03. The molecule has 1 unspecified atom stereocenters. The molecule has 0 saturated carbocycles. The van der Waals surface area contributed by atoms with Crippen molar-refractivity contribution in [2.24, 2.45) is 0 Å². The van der Waals surface area contributed by atoms with Gasteiger partial charge in [0.2, 0.25) is 5.91 Å². The lowest BCUT2D eigenvalue weighted by Crippen LogP contribution is -2.53. The summed E-state index contributed by atoms with van der Waals surface area (Å²) in [5.41, 5.74) is 0.260. The Bertz CT molecular complexity index is 581. The van der Waals surface area contributed by atoms with E-state index in [4.69, 9.17) is 14.6 Å². The van der Waals surface area contributed by atoms with E-state index in [2.05, 4.69) is 5.32 Å². The lowest BCUT2D eigenvalue weighted by Gasteiger charge is -2.37. The van der Waals surface area contributed by atoms with Crippen molar-refractivity contribution in [1.29, 1.82) is 0 Å². The highest BCUT2D eigenvalue weighted by Crippen LogP contribution is 2.30. The van der Waals surface area contributed by atoms with Gasteiger partial charge in [-0.1, -0.05) is 25.1 Å². The quantitative estimate of drug-likeness (QED) is 0.799. The first-order valence-corrected chi connectivity index (χ1v) is 8.19. The van der Waals surface area contributed by atoms with Crippen LogP contribution in [0.5, 0.6) is 5.75 Å². The predicted molar refractivity (Wildman–Crippen MR) is 89.2 cm³/mol. The van der Waals surface area contributed by atoms with E-state index in [0.717, 1.165) is 11.3 Å². The summed E-state index contributed by atoms with van der Waals surface area (Å²) in [7, 11) is 1.61. The molecule has 132 valence electrons.